The molecule has 11 heteroatoms. The van der Waals surface area contributed by atoms with Crippen LogP contribution in [0.5, 0.6) is 0 Å². The van der Waals surface area contributed by atoms with Gasteiger partial charge in [-0.1, -0.05) is 30.3 Å². The second kappa shape index (κ2) is 10.5. The minimum absolute atomic E-state index is 0.00357. The predicted molar refractivity (Wildman–Crippen MR) is 147 cm³/mol. The van der Waals surface area contributed by atoms with Crippen molar-refractivity contribution in [3.8, 4) is 11.1 Å². The SMILES string of the molecule is CC(c1cccc2c(-c3ccc(CS(C)(=O)=O)c(F)c3)c(C(=O)O)[nH]c12)n1cc(CCC[N+](C)(C)C)oc1=O. The molecule has 0 fully saturated rings. The largest absolute Gasteiger partial charge is 0.477 e. The second-order valence-electron chi connectivity index (χ2n) is 11.0. The third-order valence-electron chi connectivity index (χ3n) is 6.67. The number of aryl methyl sites for hydroxylation is 1. The van der Waals surface area contributed by atoms with E-state index in [2.05, 4.69) is 26.1 Å². The van der Waals surface area contributed by atoms with Crippen molar-refractivity contribution in [2.75, 3.05) is 33.9 Å². The summed E-state index contributed by atoms with van der Waals surface area (Å²) in [7, 11) is 2.83. The summed E-state index contributed by atoms with van der Waals surface area (Å²) in [5, 5.41) is 10.5. The Morgan fingerprint density at radius 1 is 1.21 bits per heavy atom. The van der Waals surface area contributed by atoms with Gasteiger partial charge in [-0.05, 0) is 24.1 Å². The van der Waals surface area contributed by atoms with Gasteiger partial charge in [-0.3, -0.25) is 4.57 Å². The van der Waals surface area contributed by atoms with Crippen molar-refractivity contribution < 1.29 is 31.6 Å². The Morgan fingerprint density at radius 2 is 1.92 bits per heavy atom. The van der Waals surface area contributed by atoms with E-state index in [0.717, 1.165) is 29.8 Å². The number of aromatic carboxylic acids is 1. The van der Waals surface area contributed by atoms with E-state index < -0.39 is 39.2 Å². The number of fused-ring (bicyclic) bond motifs is 1. The van der Waals surface area contributed by atoms with Crippen molar-refractivity contribution in [1.29, 1.82) is 0 Å². The molecule has 0 radical (unpaired) electrons. The van der Waals surface area contributed by atoms with Gasteiger partial charge in [0.05, 0.1) is 45.0 Å². The fraction of sp³-hybridized carbons (Fsp3) is 0.357. The lowest BCUT2D eigenvalue weighted by Gasteiger charge is -2.23. The van der Waals surface area contributed by atoms with Gasteiger partial charge in [-0.15, -0.1) is 0 Å². The molecular weight excluding hydrogens is 525 g/mol. The van der Waals surface area contributed by atoms with Crippen LogP contribution in [-0.2, 0) is 22.0 Å². The van der Waals surface area contributed by atoms with E-state index in [1.54, 1.807) is 24.4 Å². The van der Waals surface area contributed by atoms with Crippen LogP contribution in [0.25, 0.3) is 22.0 Å². The summed E-state index contributed by atoms with van der Waals surface area (Å²) in [5.41, 5.74) is 1.59. The first kappa shape index (κ1) is 28.3. The number of carboxylic acids is 1. The van der Waals surface area contributed by atoms with Crippen LogP contribution in [0.3, 0.4) is 0 Å². The molecular formula is C28H33FN3O6S+. The van der Waals surface area contributed by atoms with Crippen molar-refractivity contribution in [2.24, 2.45) is 0 Å². The summed E-state index contributed by atoms with van der Waals surface area (Å²) in [6.45, 7) is 2.74. The maximum atomic E-state index is 14.9. The van der Waals surface area contributed by atoms with Crippen molar-refractivity contribution >= 4 is 26.7 Å². The standard InChI is InChI=1S/C28H32FN3O6S/c1-17(31-15-20(38-28(31)35)8-7-13-32(2,3)4)21-9-6-10-22-24(26(27(33)34)30-25(21)22)18-11-12-19(23(29)14-18)16-39(5,36)37/h6,9-12,14-15,17,30H,7-8,13,16H2,1-5H3/p+1. The molecule has 0 aliphatic heterocycles. The van der Waals surface area contributed by atoms with Gasteiger partial charge in [0.25, 0.3) is 0 Å². The average Bonchev–Trinajstić information content (AvgIpc) is 3.39. The van der Waals surface area contributed by atoms with Gasteiger partial charge >= 0.3 is 11.7 Å². The molecule has 0 aliphatic carbocycles. The van der Waals surface area contributed by atoms with Crippen LogP contribution in [-0.4, -0.2) is 67.5 Å². The Kier molecular flexibility index (Phi) is 7.59. The number of carboxylic acid groups (broad SMARTS) is 1. The molecule has 0 bridgehead atoms. The number of sulfone groups is 1. The van der Waals surface area contributed by atoms with Crippen LogP contribution in [0.2, 0.25) is 0 Å². The molecule has 1 atom stereocenters. The molecule has 0 spiro atoms. The summed E-state index contributed by atoms with van der Waals surface area (Å²) in [5.74, 6) is -2.36. The topological polar surface area (TPSA) is 122 Å². The van der Waals surface area contributed by atoms with E-state index in [9.17, 15) is 27.5 Å². The van der Waals surface area contributed by atoms with Gasteiger partial charge in [-0.25, -0.2) is 22.4 Å². The van der Waals surface area contributed by atoms with Crippen molar-refractivity contribution in [2.45, 2.75) is 31.6 Å². The Hall–Kier alpha value is -3.70. The van der Waals surface area contributed by atoms with Gasteiger partial charge in [0, 0.05) is 41.8 Å². The number of aromatic amines is 1. The van der Waals surface area contributed by atoms with Crippen LogP contribution >= 0.6 is 0 Å². The van der Waals surface area contributed by atoms with E-state index in [1.807, 2.05) is 6.92 Å². The maximum absolute atomic E-state index is 14.9. The number of rotatable bonds is 10. The minimum atomic E-state index is -3.45. The number of benzene rings is 2. The average molecular weight is 559 g/mol. The molecule has 1 unspecified atom stereocenters. The highest BCUT2D eigenvalue weighted by atomic mass is 32.2. The lowest BCUT2D eigenvalue weighted by atomic mass is 9.98. The summed E-state index contributed by atoms with van der Waals surface area (Å²) >= 11 is 0. The highest BCUT2D eigenvalue weighted by molar-refractivity contribution is 7.89. The number of quaternary nitrogens is 1. The van der Waals surface area contributed by atoms with Crippen molar-refractivity contribution in [3.63, 3.8) is 0 Å². The first-order valence-corrected chi connectivity index (χ1v) is 14.6. The molecule has 208 valence electrons. The number of nitrogens with zero attached hydrogens (tertiary/aromatic N) is 2. The third kappa shape index (κ3) is 6.31. The molecule has 0 aliphatic rings. The number of carbonyl (C=O) groups is 1. The zero-order chi connectivity index (χ0) is 28.7. The van der Waals surface area contributed by atoms with Crippen molar-refractivity contribution in [3.05, 3.63) is 81.5 Å². The van der Waals surface area contributed by atoms with E-state index in [0.29, 0.717) is 34.2 Å². The normalized spacial score (nSPS) is 13.2. The highest BCUT2D eigenvalue weighted by Gasteiger charge is 2.24. The molecule has 2 heterocycles. The molecule has 2 N–H and O–H groups in total. The fourth-order valence-electron chi connectivity index (χ4n) is 4.81. The lowest BCUT2D eigenvalue weighted by Crippen LogP contribution is -2.35. The molecule has 4 aromatic rings. The van der Waals surface area contributed by atoms with Crippen LogP contribution in [0.15, 0.2) is 51.8 Å². The molecule has 2 aromatic heterocycles. The van der Waals surface area contributed by atoms with E-state index in [4.69, 9.17) is 4.42 Å². The Bertz CT molecular complexity index is 1710. The smallest absolute Gasteiger partial charge is 0.419 e. The van der Waals surface area contributed by atoms with Crippen LogP contribution in [0.4, 0.5) is 4.39 Å². The predicted octanol–water partition coefficient (Wildman–Crippen LogP) is 4.22. The number of aromatic nitrogens is 2. The summed E-state index contributed by atoms with van der Waals surface area (Å²) in [6.07, 6.45) is 4.18. The van der Waals surface area contributed by atoms with Crippen molar-refractivity contribution in [1.82, 2.24) is 9.55 Å². The van der Waals surface area contributed by atoms with Crippen LogP contribution in [0.1, 0.15) is 46.8 Å². The zero-order valence-corrected chi connectivity index (χ0v) is 23.4. The van der Waals surface area contributed by atoms with Gasteiger partial charge in [0.2, 0.25) is 0 Å². The fourth-order valence-corrected chi connectivity index (χ4v) is 5.61. The number of hydrogen-bond donors (Lipinski definition) is 2. The monoisotopic (exact) mass is 558 g/mol. The second-order valence-corrected chi connectivity index (χ2v) is 13.1. The summed E-state index contributed by atoms with van der Waals surface area (Å²) in [4.78, 5) is 27.9. The van der Waals surface area contributed by atoms with E-state index in [1.165, 1.54) is 16.7 Å². The molecule has 0 saturated heterocycles. The Labute approximate surface area is 226 Å². The first-order chi connectivity index (χ1) is 18.1. The number of hydrogen-bond acceptors (Lipinski definition) is 5. The number of oxazole rings is 1. The lowest BCUT2D eigenvalue weighted by molar-refractivity contribution is -0.870. The molecule has 0 amide bonds. The zero-order valence-electron chi connectivity index (χ0n) is 22.6. The first-order valence-electron chi connectivity index (χ1n) is 12.5. The Balaban J connectivity index is 1.76. The van der Waals surface area contributed by atoms with Gasteiger partial charge in [0.15, 0.2) is 9.84 Å². The number of para-hydroxylation sites is 1. The third-order valence-corrected chi connectivity index (χ3v) is 7.51. The molecule has 2 aromatic carbocycles. The quantitative estimate of drug-likeness (QED) is 0.281. The van der Waals surface area contributed by atoms with Crippen LogP contribution in [0, 0.1) is 5.82 Å². The number of H-pyrrole nitrogens is 1. The summed E-state index contributed by atoms with van der Waals surface area (Å²) in [6, 6.07) is 8.80. The highest BCUT2D eigenvalue weighted by Crippen LogP contribution is 2.37. The number of nitrogens with one attached hydrogen (secondary N) is 1. The van der Waals surface area contributed by atoms with Gasteiger partial charge in [-0.2, -0.15) is 0 Å². The van der Waals surface area contributed by atoms with Gasteiger partial charge in [0.1, 0.15) is 17.3 Å². The molecule has 0 saturated carbocycles. The maximum Gasteiger partial charge on any atom is 0.419 e. The van der Waals surface area contributed by atoms with E-state index in [-0.39, 0.29) is 16.8 Å². The molecule has 4 rings (SSSR count). The summed E-state index contributed by atoms with van der Waals surface area (Å²) < 4.78 is 45.9. The molecule has 39 heavy (non-hydrogen) atoms. The van der Waals surface area contributed by atoms with Crippen LogP contribution < -0.4 is 5.76 Å². The van der Waals surface area contributed by atoms with Gasteiger partial charge < -0.3 is 19.0 Å². The molecule has 9 nitrogen and oxygen atoms in total. The Morgan fingerprint density at radius 3 is 2.54 bits per heavy atom. The minimum Gasteiger partial charge on any atom is -0.477 e. The van der Waals surface area contributed by atoms with E-state index >= 15 is 0 Å². The number of halogens is 1.